The molecule has 0 atom stereocenters. The van der Waals surface area contributed by atoms with E-state index in [4.69, 9.17) is 4.74 Å². The Morgan fingerprint density at radius 3 is 2.65 bits per heavy atom. The van der Waals surface area contributed by atoms with Gasteiger partial charge in [-0.25, -0.2) is 4.79 Å². The van der Waals surface area contributed by atoms with Crippen LogP contribution in [0, 0.1) is 0 Å². The molecule has 2 rings (SSSR count). The molecular formula is C16H23N3O3S. The summed E-state index contributed by atoms with van der Waals surface area (Å²) in [5.74, 6) is 1.31. The Morgan fingerprint density at radius 2 is 2.04 bits per heavy atom. The molecule has 0 saturated carbocycles. The van der Waals surface area contributed by atoms with Crippen molar-refractivity contribution in [1.82, 2.24) is 4.90 Å². The van der Waals surface area contributed by atoms with Crippen molar-refractivity contribution in [3.05, 3.63) is 18.2 Å². The molecular weight excluding hydrogens is 314 g/mol. The minimum absolute atomic E-state index is 0.0533. The highest BCUT2D eigenvalue weighted by molar-refractivity contribution is 8.00. The summed E-state index contributed by atoms with van der Waals surface area (Å²) >= 11 is 1.87. The van der Waals surface area contributed by atoms with Gasteiger partial charge in [0.05, 0.1) is 12.8 Å². The average Bonchev–Trinajstić information content (AvgIpc) is 2.46. The average molecular weight is 337 g/mol. The lowest BCUT2D eigenvalue weighted by Crippen LogP contribution is -2.47. The zero-order valence-corrected chi connectivity index (χ0v) is 14.8. The van der Waals surface area contributed by atoms with Gasteiger partial charge in [-0.3, -0.25) is 4.79 Å². The number of urea groups is 1. The predicted molar refractivity (Wildman–Crippen MR) is 94.4 cm³/mol. The third kappa shape index (κ3) is 4.79. The SMILES string of the molecule is COc1ccc(NC(C)=O)cc1NC(=O)N1CCSC(C)(C)C1. The Kier molecular flexibility index (Phi) is 5.41. The van der Waals surface area contributed by atoms with Crippen LogP contribution in [0.15, 0.2) is 18.2 Å². The Bertz CT molecular complexity index is 604. The molecule has 1 aliphatic heterocycles. The van der Waals surface area contributed by atoms with Crippen LogP contribution in [-0.4, -0.2) is 47.5 Å². The van der Waals surface area contributed by atoms with Crippen molar-refractivity contribution >= 4 is 35.1 Å². The quantitative estimate of drug-likeness (QED) is 0.889. The van der Waals surface area contributed by atoms with Crippen LogP contribution in [0.1, 0.15) is 20.8 Å². The topological polar surface area (TPSA) is 70.7 Å². The molecule has 1 aromatic rings. The number of nitrogens with one attached hydrogen (secondary N) is 2. The molecule has 0 spiro atoms. The summed E-state index contributed by atoms with van der Waals surface area (Å²) < 4.78 is 5.34. The molecule has 0 radical (unpaired) electrons. The first-order valence-electron chi connectivity index (χ1n) is 7.46. The van der Waals surface area contributed by atoms with Gasteiger partial charge in [-0.2, -0.15) is 11.8 Å². The molecule has 1 fully saturated rings. The highest BCUT2D eigenvalue weighted by atomic mass is 32.2. The molecule has 1 aliphatic rings. The molecule has 23 heavy (non-hydrogen) atoms. The molecule has 6 nitrogen and oxygen atoms in total. The number of carbonyl (C=O) groups is 2. The minimum atomic E-state index is -0.165. The van der Waals surface area contributed by atoms with Crippen LogP contribution in [0.3, 0.4) is 0 Å². The fourth-order valence-electron chi connectivity index (χ4n) is 2.47. The second-order valence-electron chi connectivity index (χ2n) is 6.06. The van der Waals surface area contributed by atoms with E-state index in [1.165, 1.54) is 6.92 Å². The molecule has 126 valence electrons. The summed E-state index contributed by atoms with van der Waals surface area (Å²) in [4.78, 5) is 25.5. The Labute approximate surface area is 140 Å². The lowest BCUT2D eigenvalue weighted by atomic mass is 10.2. The van der Waals surface area contributed by atoms with E-state index in [1.807, 2.05) is 11.8 Å². The van der Waals surface area contributed by atoms with Crippen LogP contribution >= 0.6 is 11.8 Å². The van der Waals surface area contributed by atoms with Gasteiger partial charge in [0.25, 0.3) is 0 Å². The van der Waals surface area contributed by atoms with Gasteiger partial charge in [0.2, 0.25) is 5.91 Å². The van der Waals surface area contributed by atoms with Gasteiger partial charge >= 0.3 is 6.03 Å². The fourth-order valence-corrected chi connectivity index (χ4v) is 3.58. The maximum Gasteiger partial charge on any atom is 0.322 e. The maximum atomic E-state index is 12.5. The van der Waals surface area contributed by atoms with E-state index < -0.39 is 0 Å². The van der Waals surface area contributed by atoms with Crippen LogP contribution in [0.2, 0.25) is 0 Å². The monoisotopic (exact) mass is 337 g/mol. The van der Waals surface area contributed by atoms with Crippen molar-refractivity contribution in [3.8, 4) is 5.75 Å². The van der Waals surface area contributed by atoms with Gasteiger partial charge in [0.1, 0.15) is 5.75 Å². The third-order valence-electron chi connectivity index (χ3n) is 3.47. The summed E-state index contributed by atoms with van der Waals surface area (Å²) in [6.07, 6.45) is 0. The Hall–Kier alpha value is -1.89. The number of hydrogen-bond acceptors (Lipinski definition) is 4. The fraction of sp³-hybridized carbons (Fsp3) is 0.500. The number of rotatable bonds is 3. The number of nitrogens with zero attached hydrogens (tertiary/aromatic N) is 1. The van der Waals surface area contributed by atoms with Crippen molar-refractivity contribution in [2.75, 3.05) is 36.6 Å². The zero-order chi connectivity index (χ0) is 17.0. The number of amides is 3. The molecule has 1 heterocycles. The van der Waals surface area contributed by atoms with E-state index in [2.05, 4.69) is 24.5 Å². The number of thioether (sulfide) groups is 1. The largest absolute Gasteiger partial charge is 0.495 e. The lowest BCUT2D eigenvalue weighted by molar-refractivity contribution is -0.114. The van der Waals surface area contributed by atoms with Crippen LogP contribution in [0.4, 0.5) is 16.2 Å². The first kappa shape index (κ1) is 17.5. The van der Waals surface area contributed by atoms with E-state index in [1.54, 1.807) is 30.2 Å². The molecule has 0 aromatic heterocycles. The second kappa shape index (κ2) is 7.12. The Morgan fingerprint density at radius 1 is 1.30 bits per heavy atom. The normalized spacial score (nSPS) is 16.6. The maximum absolute atomic E-state index is 12.5. The molecule has 0 unspecified atom stereocenters. The highest BCUT2D eigenvalue weighted by Gasteiger charge is 2.30. The van der Waals surface area contributed by atoms with Gasteiger partial charge in [-0.15, -0.1) is 0 Å². The van der Waals surface area contributed by atoms with Crippen molar-refractivity contribution in [2.45, 2.75) is 25.5 Å². The number of hydrogen-bond donors (Lipinski definition) is 2. The summed E-state index contributed by atoms with van der Waals surface area (Å²) in [5.41, 5.74) is 1.16. The van der Waals surface area contributed by atoms with E-state index >= 15 is 0 Å². The summed E-state index contributed by atoms with van der Waals surface area (Å²) in [6, 6.07) is 4.99. The number of methoxy groups -OCH3 is 1. The number of anilines is 2. The van der Waals surface area contributed by atoms with E-state index in [0.717, 1.165) is 5.75 Å². The molecule has 2 N–H and O–H groups in total. The summed E-state index contributed by atoms with van der Waals surface area (Å²) in [5, 5.41) is 5.58. The molecule has 0 aliphatic carbocycles. The van der Waals surface area contributed by atoms with Gasteiger partial charge in [0, 0.05) is 36.2 Å². The first-order valence-corrected chi connectivity index (χ1v) is 8.45. The molecule has 0 bridgehead atoms. The van der Waals surface area contributed by atoms with Gasteiger partial charge in [-0.1, -0.05) is 0 Å². The van der Waals surface area contributed by atoms with Gasteiger partial charge in [0.15, 0.2) is 0 Å². The van der Waals surface area contributed by atoms with Crippen molar-refractivity contribution in [2.24, 2.45) is 0 Å². The first-order chi connectivity index (χ1) is 10.8. The lowest BCUT2D eigenvalue weighted by Gasteiger charge is -2.37. The molecule has 1 saturated heterocycles. The standard InChI is InChI=1S/C16H23N3O3S/c1-11(20)17-12-5-6-14(22-4)13(9-12)18-15(21)19-7-8-23-16(2,3)10-19/h5-6,9H,7-8,10H2,1-4H3,(H,17,20)(H,18,21). The second-order valence-corrected chi connectivity index (χ2v) is 7.86. The zero-order valence-electron chi connectivity index (χ0n) is 13.9. The third-order valence-corrected chi connectivity index (χ3v) is 4.77. The van der Waals surface area contributed by atoms with Crippen molar-refractivity contribution < 1.29 is 14.3 Å². The number of ether oxygens (including phenoxy) is 1. The van der Waals surface area contributed by atoms with Crippen LogP contribution in [0.25, 0.3) is 0 Å². The van der Waals surface area contributed by atoms with E-state index in [9.17, 15) is 9.59 Å². The van der Waals surface area contributed by atoms with Crippen molar-refractivity contribution in [1.29, 1.82) is 0 Å². The Balaban J connectivity index is 2.14. The van der Waals surface area contributed by atoms with Crippen LogP contribution in [-0.2, 0) is 4.79 Å². The minimum Gasteiger partial charge on any atom is -0.495 e. The number of carbonyl (C=O) groups excluding carboxylic acids is 2. The van der Waals surface area contributed by atoms with E-state index in [-0.39, 0.29) is 16.7 Å². The smallest absolute Gasteiger partial charge is 0.322 e. The van der Waals surface area contributed by atoms with Crippen LogP contribution in [0.5, 0.6) is 5.75 Å². The molecule has 1 aromatic carbocycles. The number of benzene rings is 1. The van der Waals surface area contributed by atoms with Gasteiger partial charge in [-0.05, 0) is 32.0 Å². The van der Waals surface area contributed by atoms with Gasteiger partial charge < -0.3 is 20.3 Å². The summed E-state index contributed by atoms with van der Waals surface area (Å²) in [7, 11) is 1.55. The summed E-state index contributed by atoms with van der Waals surface area (Å²) in [6.45, 7) is 7.12. The van der Waals surface area contributed by atoms with E-state index in [0.29, 0.717) is 30.2 Å². The van der Waals surface area contributed by atoms with Crippen LogP contribution < -0.4 is 15.4 Å². The predicted octanol–water partition coefficient (Wildman–Crippen LogP) is 3.01. The van der Waals surface area contributed by atoms with Crippen molar-refractivity contribution in [3.63, 3.8) is 0 Å². The molecule has 7 heteroatoms. The highest BCUT2D eigenvalue weighted by Crippen LogP contribution is 2.31. The molecule has 3 amide bonds.